The average Bonchev–Trinajstić information content (AvgIpc) is 2.98. The van der Waals surface area contributed by atoms with Crippen LogP contribution in [0, 0.1) is 52.8 Å². The summed E-state index contributed by atoms with van der Waals surface area (Å²) in [5.41, 5.74) is -0.745. The molecule has 2 atom stereocenters. The Hall–Kier alpha value is -0.970. The number of rotatable bonds is 3. The van der Waals surface area contributed by atoms with Gasteiger partial charge >= 0.3 is 17.8 Å². The lowest BCUT2D eigenvalue weighted by Gasteiger charge is -2.62. The third-order valence-electron chi connectivity index (χ3n) is 12.1. The molecule has 8 bridgehead atoms. The van der Waals surface area contributed by atoms with Crippen LogP contribution in [0.3, 0.4) is 0 Å². The molecule has 0 amide bonds. The number of hydrogen-bond donors (Lipinski definition) is 0. The van der Waals surface area contributed by atoms with E-state index in [0.29, 0.717) is 57.2 Å². The molecule has 2 saturated heterocycles. The van der Waals surface area contributed by atoms with Crippen molar-refractivity contribution in [1.82, 2.24) is 0 Å². The molecule has 6 nitrogen and oxygen atoms in total. The first-order chi connectivity index (χ1) is 18.5. The van der Waals surface area contributed by atoms with Crippen LogP contribution in [0.4, 0.5) is 17.6 Å². The summed E-state index contributed by atoms with van der Waals surface area (Å²) >= 11 is 0. The number of carbonyl (C=O) groups is 1. The summed E-state index contributed by atoms with van der Waals surface area (Å²) < 4.78 is 86.3. The number of hydrogen-bond acceptors (Lipinski definition) is 6. The van der Waals surface area contributed by atoms with Crippen molar-refractivity contribution in [2.45, 2.75) is 87.6 Å². The molecule has 2 heterocycles. The standard InChI is InChI=1S/C29H38F4O6/c30-26(31)14-38-29(39-15-27(26,32)33)22-6-18-7-23(29)10-25(8-18,9-22)24(34)35-11-19-12-36-28(37-13-19)20-2-16-1-17(4-20)5-21(28)3-16/h16-23H,1-15H2. The zero-order valence-corrected chi connectivity index (χ0v) is 22.2. The summed E-state index contributed by atoms with van der Waals surface area (Å²) in [5, 5.41) is 0. The Morgan fingerprint density at radius 1 is 0.641 bits per heavy atom. The average molecular weight is 559 g/mol. The van der Waals surface area contributed by atoms with E-state index in [0.717, 1.165) is 11.8 Å². The molecule has 8 saturated carbocycles. The third kappa shape index (κ3) is 3.62. The fourth-order valence-electron chi connectivity index (χ4n) is 10.6. The first-order valence-corrected chi connectivity index (χ1v) is 15.0. The van der Waals surface area contributed by atoms with Crippen LogP contribution >= 0.6 is 0 Å². The normalized spacial score (nSPS) is 51.8. The minimum Gasteiger partial charge on any atom is -0.465 e. The van der Waals surface area contributed by atoms with E-state index in [1.54, 1.807) is 0 Å². The van der Waals surface area contributed by atoms with Gasteiger partial charge in [0.1, 0.15) is 13.2 Å². The summed E-state index contributed by atoms with van der Waals surface area (Å²) in [6, 6.07) is 0. The van der Waals surface area contributed by atoms with E-state index in [9.17, 15) is 22.4 Å². The second kappa shape index (κ2) is 8.32. The lowest BCUT2D eigenvalue weighted by molar-refractivity contribution is -0.369. The first kappa shape index (κ1) is 25.7. The Kier molecular flexibility index (Phi) is 5.48. The van der Waals surface area contributed by atoms with Crippen LogP contribution in [-0.2, 0) is 28.5 Å². The fourth-order valence-corrected chi connectivity index (χ4v) is 10.6. The lowest BCUT2D eigenvalue weighted by Crippen LogP contribution is -2.65. The second-order valence-corrected chi connectivity index (χ2v) is 14.4. The van der Waals surface area contributed by atoms with E-state index in [4.69, 9.17) is 23.7 Å². The van der Waals surface area contributed by atoms with Crippen molar-refractivity contribution in [3.63, 3.8) is 0 Å². The molecule has 2 aliphatic heterocycles. The van der Waals surface area contributed by atoms with Crippen molar-refractivity contribution in [3.8, 4) is 0 Å². The van der Waals surface area contributed by atoms with Gasteiger partial charge in [-0.1, -0.05) is 0 Å². The van der Waals surface area contributed by atoms with Gasteiger partial charge in [-0.2, -0.15) is 17.6 Å². The van der Waals surface area contributed by atoms with E-state index in [2.05, 4.69) is 0 Å². The molecule has 0 aromatic heterocycles. The zero-order valence-electron chi connectivity index (χ0n) is 22.2. The van der Waals surface area contributed by atoms with E-state index in [1.165, 1.54) is 32.1 Å². The van der Waals surface area contributed by atoms with Crippen molar-refractivity contribution in [3.05, 3.63) is 0 Å². The van der Waals surface area contributed by atoms with Crippen molar-refractivity contribution in [2.24, 2.45) is 52.8 Å². The highest BCUT2D eigenvalue weighted by atomic mass is 19.3. The lowest BCUT2D eigenvalue weighted by atomic mass is 9.47. The Morgan fingerprint density at radius 3 is 1.67 bits per heavy atom. The minimum atomic E-state index is -4.29. The van der Waals surface area contributed by atoms with E-state index >= 15 is 0 Å². The van der Waals surface area contributed by atoms with Crippen LogP contribution in [0.5, 0.6) is 0 Å². The van der Waals surface area contributed by atoms with Gasteiger partial charge in [-0.05, 0) is 82.0 Å². The van der Waals surface area contributed by atoms with E-state index in [1.807, 2.05) is 0 Å². The van der Waals surface area contributed by atoms with Gasteiger partial charge in [0.2, 0.25) is 0 Å². The zero-order chi connectivity index (χ0) is 26.8. The largest absolute Gasteiger partial charge is 0.465 e. The van der Waals surface area contributed by atoms with Gasteiger partial charge in [-0.25, -0.2) is 0 Å². The highest BCUT2D eigenvalue weighted by molar-refractivity contribution is 5.77. The summed E-state index contributed by atoms with van der Waals surface area (Å²) in [4.78, 5) is 13.6. The van der Waals surface area contributed by atoms with Crippen LogP contribution in [0.1, 0.15) is 64.2 Å². The number of halogens is 4. The number of esters is 1. The van der Waals surface area contributed by atoms with Crippen molar-refractivity contribution >= 4 is 5.97 Å². The maximum Gasteiger partial charge on any atom is 0.335 e. The topological polar surface area (TPSA) is 63.2 Å². The van der Waals surface area contributed by atoms with Crippen LogP contribution < -0.4 is 0 Å². The summed E-state index contributed by atoms with van der Waals surface area (Å²) in [7, 11) is 0. The molecule has 10 heteroatoms. The molecule has 0 aromatic carbocycles. The number of carbonyl (C=O) groups excluding carboxylic acids is 1. The molecule has 0 radical (unpaired) electrons. The SMILES string of the molecule is O=C(OCC1COC2(OC1)C1CC3CC(C1)CC2C3)C12CC3CC(C1)C1(OCC(F)(F)C(F)(F)CO1)C(C3)C2. The number of ether oxygens (including phenoxy) is 5. The van der Waals surface area contributed by atoms with Gasteiger partial charge in [-0.3, -0.25) is 4.79 Å². The Bertz CT molecular complexity index is 959. The Balaban J connectivity index is 0.912. The monoisotopic (exact) mass is 558 g/mol. The maximum absolute atomic E-state index is 14.1. The Labute approximate surface area is 225 Å². The van der Waals surface area contributed by atoms with Crippen LogP contribution in [-0.4, -0.2) is 62.4 Å². The molecule has 8 aliphatic carbocycles. The molecule has 2 spiro atoms. The van der Waals surface area contributed by atoms with Crippen LogP contribution in [0.15, 0.2) is 0 Å². The van der Waals surface area contributed by atoms with Gasteiger partial charge in [-0.15, -0.1) is 0 Å². The van der Waals surface area contributed by atoms with E-state index < -0.39 is 42.0 Å². The number of alkyl halides is 4. The molecule has 0 N–H and O–H groups in total. The van der Waals surface area contributed by atoms with Gasteiger partial charge in [0, 0.05) is 29.6 Å². The second-order valence-electron chi connectivity index (χ2n) is 14.4. The van der Waals surface area contributed by atoms with Crippen molar-refractivity contribution < 1.29 is 46.0 Å². The quantitative estimate of drug-likeness (QED) is 0.351. The fraction of sp³-hybridized carbons (Fsp3) is 0.966. The molecule has 10 rings (SSSR count). The molecule has 2 unspecified atom stereocenters. The molecule has 10 fully saturated rings. The van der Waals surface area contributed by atoms with Crippen LogP contribution in [0.2, 0.25) is 0 Å². The van der Waals surface area contributed by atoms with E-state index in [-0.39, 0.29) is 36.2 Å². The highest BCUT2D eigenvalue weighted by Gasteiger charge is 2.70. The van der Waals surface area contributed by atoms with Crippen molar-refractivity contribution in [1.29, 1.82) is 0 Å². The first-order valence-electron chi connectivity index (χ1n) is 15.0. The van der Waals surface area contributed by atoms with Crippen LogP contribution in [0.25, 0.3) is 0 Å². The van der Waals surface area contributed by atoms with Gasteiger partial charge in [0.15, 0.2) is 11.6 Å². The molecule has 0 aromatic rings. The van der Waals surface area contributed by atoms with Gasteiger partial charge in [0.05, 0.1) is 25.2 Å². The minimum absolute atomic E-state index is 0.0324. The molecule has 39 heavy (non-hydrogen) atoms. The Morgan fingerprint density at radius 2 is 1.13 bits per heavy atom. The third-order valence-corrected chi connectivity index (χ3v) is 12.1. The molecule has 218 valence electrons. The van der Waals surface area contributed by atoms with Gasteiger partial charge in [0.25, 0.3) is 0 Å². The molecule has 10 aliphatic rings. The predicted octanol–water partition coefficient (Wildman–Crippen LogP) is 5.19. The molecular weight excluding hydrogens is 520 g/mol. The summed E-state index contributed by atoms with van der Waals surface area (Å²) in [6.45, 7) is -1.50. The summed E-state index contributed by atoms with van der Waals surface area (Å²) in [6.07, 6.45) is 8.78. The highest BCUT2D eigenvalue weighted by Crippen LogP contribution is 2.66. The smallest absolute Gasteiger partial charge is 0.335 e. The maximum atomic E-state index is 14.1. The summed E-state index contributed by atoms with van der Waals surface area (Å²) in [5.74, 6) is -8.80. The molecular formula is C29H38F4O6. The van der Waals surface area contributed by atoms with Crippen molar-refractivity contribution in [2.75, 3.05) is 33.0 Å². The van der Waals surface area contributed by atoms with Gasteiger partial charge < -0.3 is 23.7 Å². The predicted molar refractivity (Wildman–Crippen MR) is 127 cm³/mol.